The third kappa shape index (κ3) is 4.78. The molecule has 0 aliphatic rings. The number of hydrogen-bond donors (Lipinski definition) is 0. The molecule has 0 aliphatic heterocycles. The minimum absolute atomic E-state index is 0.609. The van der Waals surface area contributed by atoms with Crippen LogP contribution in [0.1, 0.15) is 5.56 Å². The third-order valence-electron chi connectivity index (χ3n) is 9.88. The first-order valence-corrected chi connectivity index (χ1v) is 17.2. The van der Waals surface area contributed by atoms with Crippen molar-refractivity contribution in [1.29, 1.82) is 5.26 Å². The molecule has 3 heterocycles. The molecule has 5 heteroatoms. The molecule has 10 aromatic rings. The maximum absolute atomic E-state index is 10.8. The fourth-order valence-corrected chi connectivity index (χ4v) is 7.44. The summed E-state index contributed by atoms with van der Waals surface area (Å²) in [5, 5.41) is 15.0. The molecular weight excluding hydrogens is 637 g/mol. The maximum atomic E-state index is 10.8. The normalized spacial score (nSPS) is 11.4. The molecule has 3 aromatic heterocycles. The van der Waals surface area contributed by atoms with E-state index in [0.29, 0.717) is 11.4 Å². The molecule has 0 N–H and O–H groups in total. The van der Waals surface area contributed by atoms with Gasteiger partial charge in [-0.15, -0.1) is 0 Å². The minimum Gasteiger partial charge on any atom is -0.456 e. The molecule has 0 bridgehead atoms. The van der Waals surface area contributed by atoms with E-state index in [0.717, 1.165) is 88.6 Å². The molecule has 0 aliphatic carbocycles. The molecule has 0 radical (unpaired) electrons. The molecule has 0 fully saturated rings. The van der Waals surface area contributed by atoms with Crippen LogP contribution >= 0.6 is 0 Å². The average molecular weight is 665 g/mol. The zero-order valence-electron chi connectivity index (χ0n) is 27.9. The van der Waals surface area contributed by atoms with Crippen molar-refractivity contribution in [2.75, 3.05) is 0 Å². The van der Waals surface area contributed by atoms with E-state index in [4.69, 9.17) is 14.4 Å². The van der Waals surface area contributed by atoms with Crippen molar-refractivity contribution in [1.82, 2.24) is 14.5 Å². The van der Waals surface area contributed by atoms with E-state index in [1.165, 1.54) is 0 Å². The van der Waals surface area contributed by atoms with Crippen molar-refractivity contribution >= 4 is 43.7 Å². The predicted molar refractivity (Wildman–Crippen MR) is 210 cm³/mol. The Labute approximate surface area is 299 Å². The highest BCUT2D eigenvalue weighted by Gasteiger charge is 2.20. The molecule has 5 nitrogen and oxygen atoms in total. The Balaban J connectivity index is 1.16. The van der Waals surface area contributed by atoms with Crippen LogP contribution in [-0.2, 0) is 0 Å². The van der Waals surface area contributed by atoms with Gasteiger partial charge in [0.15, 0.2) is 5.82 Å². The van der Waals surface area contributed by atoms with Crippen LogP contribution in [0.15, 0.2) is 174 Å². The molecule has 0 amide bonds. The maximum Gasteiger partial charge on any atom is 0.160 e. The highest BCUT2D eigenvalue weighted by atomic mass is 16.3. The largest absolute Gasteiger partial charge is 0.456 e. The molecule has 52 heavy (non-hydrogen) atoms. The van der Waals surface area contributed by atoms with Crippen LogP contribution in [0.4, 0.5) is 0 Å². The number of hydrogen-bond acceptors (Lipinski definition) is 4. The Kier molecular flexibility index (Phi) is 6.80. The quantitative estimate of drug-likeness (QED) is 0.184. The fraction of sp³-hybridized carbons (Fsp3) is 0. The number of para-hydroxylation sites is 2. The molecule has 0 spiro atoms. The van der Waals surface area contributed by atoms with Gasteiger partial charge in [-0.2, -0.15) is 5.26 Å². The van der Waals surface area contributed by atoms with Gasteiger partial charge in [-0.25, -0.2) is 9.97 Å². The summed E-state index contributed by atoms with van der Waals surface area (Å²) >= 11 is 0. The first kappa shape index (κ1) is 29.6. The lowest BCUT2D eigenvalue weighted by atomic mass is 9.97. The second-order valence-electron chi connectivity index (χ2n) is 12.9. The first-order chi connectivity index (χ1) is 25.7. The van der Waals surface area contributed by atoms with Crippen LogP contribution < -0.4 is 0 Å². The number of aromatic nitrogens is 3. The average Bonchev–Trinajstić information content (AvgIpc) is 3.76. The lowest BCUT2D eigenvalue weighted by Gasteiger charge is -2.14. The number of nitriles is 1. The monoisotopic (exact) mass is 664 g/mol. The van der Waals surface area contributed by atoms with Gasteiger partial charge >= 0.3 is 0 Å². The summed E-state index contributed by atoms with van der Waals surface area (Å²) in [6.45, 7) is 0. The Morgan fingerprint density at radius 3 is 1.90 bits per heavy atom. The van der Waals surface area contributed by atoms with Crippen LogP contribution in [0.2, 0.25) is 0 Å². The number of furan rings is 1. The Morgan fingerprint density at radius 2 is 1.10 bits per heavy atom. The van der Waals surface area contributed by atoms with Gasteiger partial charge in [-0.1, -0.05) is 121 Å². The van der Waals surface area contributed by atoms with Crippen molar-refractivity contribution in [3.63, 3.8) is 0 Å². The van der Waals surface area contributed by atoms with E-state index in [1.807, 2.05) is 97.1 Å². The van der Waals surface area contributed by atoms with E-state index in [9.17, 15) is 5.26 Å². The van der Waals surface area contributed by atoms with E-state index in [-0.39, 0.29) is 0 Å². The van der Waals surface area contributed by atoms with Crippen molar-refractivity contribution in [3.8, 4) is 56.8 Å². The van der Waals surface area contributed by atoms with Crippen LogP contribution in [0.25, 0.3) is 94.5 Å². The summed E-state index contributed by atoms with van der Waals surface area (Å²) in [6, 6.07) is 60.2. The Hall–Kier alpha value is -7.29. The summed E-state index contributed by atoms with van der Waals surface area (Å²) < 4.78 is 8.32. The van der Waals surface area contributed by atoms with Crippen LogP contribution in [0, 0.1) is 11.3 Å². The fourth-order valence-electron chi connectivity index (χ4n) is 7.44. The van der Waals surface area contributed by atoms with E-state index < -0.39 is 0 Å². The van der Waals surface area contributed by atoms with Gasteiger partial charge < -0.3 is 8.98 Å². The molecule has 242 valence electrons. The SMILES string of the molecule is N#Cc1c(-c2ccc3oc4ccccc4c3c2)cccc1-n1c2ccccc2c2cc(-c3cc(-c4ccccc4)nc(-c4ccccc4)n3)ccc21. The highest BCUT2D eigenvalue weighted by Crippen LogP contribution is 2.39. The molecule has 0 saturated heterocycles. The standard InChI is InChI=1S/C47H28N4O/c48-29-39-34(32-23-25-46-38(26-32)36-17-8-10-21-45(36)52-46)18-11-20-43(39)51-42-19-9-7-16-35(42)37-27-33(22-24-44(37)51)41-28-40(30-12-3-1-4-13-30)49-47(50-41)31-14-5-2-6-15-31/h1-28H. The first-order valence-electron chi connectivity index (χ1n) is 17.2. The molecule has 0 atom stereocenters. The Morgan fingerprint density at radius 1 is 0.462 bits per heavy atom. The molecule has 0 unspecified atom stereocenters. The van der Waals surface area contributed by atoms with Crippen molar-refractivity contribution < 1.29 is 4.42 Å². The van der Waals surface area contributed by atoms with E-state index >= 15 is 0 Å². The number of benzene rings is 7. The number of fused-ring (bicyclic) bond motifs is 6. The van der Waals surface area contributed by atoms with Crippen LogP contribution in [0.5, 0.6) is 0 Å². The number of nitrogens with zero attached hydrogens (tertiary/aromatic N) is 4. The van der Waals surface area contributed by atoms with Crippen LogP contribution in [0.3, 0.4) is 0 Å². The summed E-state index contributed by atoms with van der Waals surface area (Å²) in [6.07, 6.45) is 0. The lowest BCUT2D eigenvalue weighted by molar-refractivity contribution is 0.669. The number of rotatable bonds is 5. The second kappa shape index (κ2) is 11.9. The predicted octanol–water partition coefficient (Wildman–Crippen LogP) is 12.0. The summed E-state index contributed by atoms with van der Waals surface area (Å²) in [4.78, 5) is 10.1. The van der Waals surface area contributed by atoms with Crippen molar-refractivity contribution in [2.24, 2.45) is 0 Å². The molecule has 0 saturated carbocycles. The zero-order valence-corrected chi connectivity index (χ0v) is 27.9. The van der Waals surface area contributed by atoms with Crippen molar-refractivity contribution in [3.05, 3.63) is 175 Å². The topological polar surface area (TPSA) is 67.6 Å². The highest BCUT2D eigenvalue weighted by molar-refractivity contribution is 6.11. The van der Waals surface area contributed by atoms with Gasteiger partial charge in [0.05, 0.1) is 33.7 Å². The van der Waals surface area contributed by atoms with Crippen molar-refractivity contribution in [2.45, 2.75) is 0 Å². The Bertz CT molecular complexity index is 2970. The van der Waals surface area contributed by atoms with Gasteiger partial charge in [0.1, 0.15) is 17.2 Å². The minimum atomic E-state index is 0.609. The van der Waals surface area contributed by atoms with Gasteiger partial charge in [0, 0.05) is 43.8 Å². The second-order valence-corrected chi connectivity index (χ2v) is 12.9. The molecule has 10 rings (SSSR count). The van der Waals surface area contributed by atoms with Gasteiger partial charge in [-0.3, -0.25) is 0 Å². The molecule has 7 aromatic carbocycles. The van der Waals surface area contributed by atoms with Gasteiger partial charge in [-0.05, 0) is 54.1 Å². The summed E-state index contributed by atoms with van der Waals surface area (Å²) in [5.74, 6) is 0.677. The van der Waals surface area contributed by atoms with Gasteiger partial charge in [0.25, 0.3) is 0 Å². The van der Waals surface area contributed by atoms with Gasteiger partial charge in [0.2, 0.25) is 0 Å². The van der Waals surface area contributed by atoms with E-state index in [2.05, 4.69) is 83.4 Å². The smallest absolute Gasteiger partial charge is 0.160 e. The molecular formula is C47H28N4O. The van der Waals surface area contributed by atoms with E-state index in [1.54, 1.807) is 0 Å². The lowest BCUT2D eigenvalue weighted by Crippen LogP contribution is -1.99. The summed E-state index contributed by atoms with van der Waals surface area (Å²) in [7, 11) is 0. The van der Waals surface area contributed by atoms with Crippen LogP contribution in [-0.4, -0.2) is 14.5 Å². The zero-order chi connectivity index (χ0) is 34.6. The summed E-state index contributed by atoms with van der Waals surface area (Å²) in [5.41, 5.74) is 11.7. The third-order valence-corrected chi connectivity index (χ3v) is 9.88.